The fourth-order valence-corrected chi connectivity index (χ4v) is 1.23. The molecule has 1 rings (SSSR count). The van der Waals surface area contributed by atoms with Gasteiger partial charge in [0.15, 0.2) is 11.6 Å². The molecule has 0 saturated carbocycles. The van der Waals surface area contributed by atoms with Gasteiger partial charge in [0.05, 0.1) is 0 Å². The maximum Gasteiger partial charge on any atom is 0.164 e. The Hall–Kier alpha value is -0.990. The molecular formula is C11H13F3. The quantitative estimate of drug-likeness (QED) is 0.562. The van der Waals surface area contributed by atoms with Gasteiger partial charge in [-0.25, -0.2) is 13.2 Å². The molecule has 0 aromatic heterocycles. The molecule has 0 nitrogen and oxygen atoms in total. The second-order valence-electron chi connectivity index (χ2n) is 4.41. The average Bonchev–Trinajstić information content (AvgIpc) is 2.06. The Bertz CT molecular complexity index is 362. The number of halogens is 3. The first-order valence-electron chi connectivity index (χ1n) is 4.39. The highest BCUT2D eigenvalue weighted by molar-refractivity contribution is 5.31. The molecule has 78 valence electrons. The fourth-order valence-electron chi connectivity index (χ4n) is 1.23. The molecule has 0 bridgehead atoms. The van der Waals surface area contributed by atoms with E-state index in [1.807, 2.05) is 0 Å². The lowest BCUT2D eigenvalue weighted by Gasteiger charge is -2.20. The Morgan fingerprint density at radius 2 is 1.50 bits per heavy atom. The molecule has 0 aliphatic carbocycles. The Balaban J connectivity index is 3.49. The third-order valence-corrected chi connectivity index (χ3v) is 2.20. The van der Waals surface area contributed by atoms with Crippen molar-refractivity contribution in [2.45, 2.75) is 33.1 Å². The summed E-state index contributed by atoms with van der Waals surface area (Å²) in [5, 5.41) is 0. The largest absolute Gasteiger partial charge is 0.207 e. The van der Waals surface area contributed by atoms with Crippen LogP contribution >= 0.6 is 0 Å². The lowest BCUT2D eigenvalue weighted by molar-refractivity contribution is 0.446. The summed E-state index contributed by atoms with van der Waals surface area (Å²) in [4.78, 5) is 0. The van der Waals surface area contributed by atoms with Gasteiger partial charge in [-0.1, -0.05) is 20.8 Å². The van der Waals surface area contributed by atoms with Gasteiger partial charge in [0.2, 0.25) is 0 Å². The molecule has 0 unspecified atom stereocenters. The van der Waals surface area contributed by atoms with Gasteiger partial charge in [-0.05, 0) is 24.0 Å². The van der Waals surface area contributed by atoms with Crippen molar-refractivity contribution in [1.29, 1.82) is 0 Å². The van der Waals surface area contributed by atoms with Gasteiger partial charge in [0, 0.05) is 5.56 Å². The van der Waals surface area contributed by atoms with E-state index in [9.17, 15) is 13.2 Å². The molecule has 0 spiro atoms. The zero-order valence-corrected chi connectivity index (χ0v) is 8.71. The van der Waals surface area contributed by atoms with Crippen LogP contribution in [0.4, 0.5) is 13.2 Å². The highest BCUT2D eigenvalue weighted by atomic mass is 19.2. The lowest BCUT2D eigenvalue weighted by Crippen LogP contribution is -2.16. The Labute approximate surface area is 81.8 Å². The number of hydrogen-bond donors (Lipinski definition) is 0. The predicted octanol–water partition coefficient (Wildman–Crippen LogP) is 3.71. The topological polar surface area (TPSA) is 0 Å². The van der Waals surface area contributed by atoms with Gasteiger partial charge in [0.25, 0.3) is 0 Å². The first-order valence-corrected chi connectivity index (χ1v) is 4.39. The number of benzene rings is 1. The standard InChI is InChI=1S/C11H13F3/c1-6-8(12)5-7(11(2,3)4)10(14)9(6)13/h5H,1-4H3. The molecule has 0 fully saturated rings. The zero-order chi connectivity index (χ0) is 11.1. The van der Waals surface area contributed by atoms with Crippen LogP contribution in [0.15, 0.2) is 6.07 Å². The Morgan fingerprint density at radius 1 is 1.00 bits per heavy atom. The van der Waals surface area contributed by atoms with Crippen LogP contribution < -0.4 is 0 Å². The molecule has 0 radical (unpaired) electrons. The van der Waals surface area contributed by atoms with Crippen LogP contribution in [0.25, 0.3) is 0 Å². The van der Waals surface area contributed by atoms with Crippen molar-refractivity contribution in [3.8, 4) is 0 Å². The van der Waals surface area contributed by atoms with Crippen molar-refractivity contribution >= 4 is 0 Å². The lowest BCUT2D eigenvalue weighted by atomic mass is 9.86. The number of rotatable bonds is 0. The summed E-state index contributed by atoms with van der Waals surface area (Å²) >= 11 is 0. The van der Waals surface area contributed by atoms with Gasteiger partial charge in [-0.2, -0.15) is 0 Å². The van der Waals surface area contributed by atoms with E-state index in [4.69, 9.17) is 0 Å². The van der Waals surface area contributed by atoms with Crippen LogP contribution in [0.3, 0.4) is 0 Å². The van der Waals surface area contributed by atoms with Crippen molar-refractivity contribution in [3.05, 3.63) is 34.6 Å². The smallest absolute Gasteiger partial charge is 0.164 e. The van der Waals surface area contributed by atoms with Crippen molar-refractivity contribution in [2.75, 3.05) is 0 Å². The van der Waals surface area contributed by atoms with Gasteiger partial charge in [-0.15, -0.1) is 0 Å². The minimum Gasteiger partial charge on any atom is -0.207 e. The molecule has 0 N–H and O–H groups in total. The monoisotopic (exact) mass is 202 g/mol. The summed E-state index contributed by atoms with van der Waals surface area (Å²) in [6.07, 6.45) is 0. The van der Waals surface area contributed by atoms with Gasteiger partial charge in [-0.3, -0.25) is 0 Å². The van der Waals surface area contributed by atoms with Crippen LogP contribution in [0.5, 0.6) is 0 Å². The maximum absolute atomic E-state index is 13.4. The molecule has 0 aliphatic heterocycles. The van der Waals surface area contributed by atoms with Crippen LogP contribution in [-0.2, 0) is 5.41 Å². The summed E-state index contributed by atoms with van der Waals surface area (Å²) in [5.41, 5.74) is -0.798. The van der Waals surface area contributed by atoms with E-state index in [1.54, 1.807) is 20.8 Å². The summed E-state index contributed by atoms with van der Waals surface area (Å²) in [7, 11) is 0. The molecule has 14 heavy (non-hydrogen) atoms. The normalized spacial score (nSPS) is 11.9. The molecule has 1 aromatic rings. The first kappa shape index (κ1) is 11.1. The van der Waals surface area contributed by atoms with Crippen LogP contribution in [0.1, 0.15) is 31.9 Å². The SMILES string of the molecule is Cc1c(F)cc(C(C)(C)C)c(F)c1F. The second-order valence-corrected chi connectivity index (χ2v) is 4.41. The van der Waals surface area contributed by atoms with Gasteiger partial charge in [0.1, 0.15) is 5.82 Å². The van der Waals surface area contributed by atoms with E-state index in [1.165, 1.54) is 6.92 Å². The summed E-state index contributed by atoms with van der Waals surface area (Å²) in [5.74, 6) is -2.74. The van der Waals surface area contributed by atoms with E-state index in [0.717, 1.165) is 6.07 Å². The van der Waals surface area contributed by atoms with E-state index in [-0.39, 0.29) is 11.1 Å². The maximum atomic E-state index is 13.4. The predicted molar refractivity (Wildman–Crippen MR) is 49.8 cm³/mol. The Kier molecular flexibility index (Phi) is 2.61. The van der Waals surface area contributed by atoms with Gasteiger partial charge >= 0.3 is 0 Å². The van der Waals surface area contributed by atoms with Crippen LogP contribution in [0, 0.1) is 24.4 Å². The minimum absolute atomic E-state index is 0.0677. The van der Waals surface area contributed by atoms with Crippen molar-refractivity contribution in [1.82, 2.24) is 0 Å². The summed E-state index contributed by atoms with van der Waals surface area (Å²) < 4.78 is 39.7. The van der Waals surface area contributed by atoms with Crippen LogP contribution in [-0.4, -0.2) is 0 Å². The van der Waals surface area contributed by atoms with Gasteiger partial charge < -0.3 is 0 Å². The minimum atomic E-state index is -1.09. The van der Waals surface area contributed by atoms with E-state index in [2.05, 4.69) is 0 Å². The summed E-state index contributed by atoms with van der Waals surface area (Å²) in [6.45, 7) is 6.35. The molecule has 1 aromatic carbocycles. The molecule has 0 aliphatic rings. The van der Waals surface area contributed by atoms with E-state index in [0.29, 0.717) is 0 Å². The van der Waals surface area contributed by atoms with E-state index >= 15 is 0 Å². The molecule has 3 heteroatoms. The third kappa shape index (κ3) is 1.76. The third-order valence-electron chi connectivity index (χ3n) is 2.20. The molecule has 0 saturated heterocycles. The fraction of sp³-hybridized carbons (Fsp3) is 0.455. The van der Waals surface area contributed by atoms with Crippen molar-refractivity contribution in [2.24, 2.45) is 0 Å². The first-order chi connectivity index (χ1) is 6.25. The zero-order valence-electron chi connectivity index (χ0n) is 8.71. The molecular weight excluding hydrogens is 189 g/mol. The highest BCUT2D eigenvalue weighted by Crippen LogP contribution is 2.29. The van der Waals surface area contributed by atoms with E-state index < -0.39 is 22.9 Å². The Morgan fingerprint density at radius 3 is 1.93 bits per heavy atom. The van der Waals surface area contributed by atoms with Crippen LogP contribution in [0.2, 0.25) is 0 Å². The summed E-state index contributed by atoms with van der Waals surface area (Å²) in [6, 6.07) is 1.06. The highest BCUT2D eigenvalue weighted by Gasteiger charge is 2.24. The average molecular weight is 202 g/mol. The molecule has 0 heterocycles. The number of hydrogen-bond acceptors (Lipinski definition) is 0. The molecule has 0 amide bonds. The second kappa shape index (κ2) is 3.30. The van der Waals surface area contributed by atoms with Crippen molar-refractivity contribution < 1.29 is 13.2 Å². The molecule has 0 atom stereocenters. The van der Waals surface area contributed by atoms with Crippen molar-refractivity contribution in [3.63, 3.8) is 0 Å².